The Morgan fingerprint density at radius 2 is 1.86 bits per heavy atom. The molecule has 2 aliphatic rings. The number of hydrogen-bond acceptors (Lipinski definition) is 3. The van der Waals surface area contributed by atoms with Crippen molar-refractivity contribution in [2.24, 2.45) is 0 Å². The third-order valence-corrected chi connectivity index (χ3v) is 6.75. The van der Waals surface area contributed by atoms with Crippen molar-refractivity contribution in [1.82, 2.24) is 9.62 Å². The van der Waals surface area contributed by atoms with Crippen molar-refractivity contribution in [2.75, 3.05) is 13.1 Å². The lowest BCUT2D eigenvalue weighted by atomic mass is 10.1. The molecular weight excluding hydrogens is 366 g/mol. The number of sulfonamides is 1. The van der Waals surface area contributed by atoms with Crippen molar-refractivity contribution >= 4 is 26.0 Å². The van der Waals surface area contributed by atoms with Crippen LogP contribution in [0.15, 0.2) is 21.5 Å². The Bertz CT molecular complexity index is 654. The zero-order valence-electron chi connectivity index (χ0n) is 11.2. The average molecular weight is 381 g/mol. The summed E-state index contributed by atoms with van der Waals surface area (Å²) in [6.07, 6.45) is 2.21. The second kappa shape index (κ2) is 5.57. The van der Waals surface area contributed by atoms with Gasteiger partial charge in [0.2, 0.25) is 10.0 Å². The van der Waals surface area contributed by atoms with Crippen molar-refractivity contribution < 1.29 is 17.2 Å². The molecule has 2 unspecified atom stereocenters. The molecule has 2 atom stereocenters. The Kier molecular flexibility index (Phi) is 4.06. The van der Waals surface area contributed by atoms with E-state index in [4.69, 9.17) is 0 Å². The molecule has 2 heterocycles. The second-order valence-electron chi connectivity index (χ2n) is 5.41. The quantitative estimate of drug-likeness (QED) is 0.800. The highest BCUT2D eigenvalue weighted by Gasteiger charge is 2.44. The van der Waals surface area contributed by atoms with Crippen LogP contribution < -0.4 is 5.32 Å². The van der Waals surface area contributed by atoms with Crippen molar-refractivity contribution in [1.29, 1.82) is 0 Å². The number of benzene rings is 1. The maximum Gasteiger partial charge on any atom is 0.246 e. The molecule has 3 rings (SSSR count). The first kappa shape index (κ1) is 15.3. The fourth-order valence-corrected chi connectivity index (χ4v) is 5.42. The van der Waals surface area contributed by atoms with Crippen LogP contribution in [0.3, 0.4) is 0 Å². The number of rotatable bonds is 2. The normalized spacial score (nSPS) is 26.8. The number of nitrogens with zero attached hydrogens (tertiary/aromatic N) is 1. The van der Waals surface area contributed by atoms with Gasteiger partial charge in [-0.3, -0.25) is 0 Å². The first-order valence-electron chi connectivity index (χ1n) is 6.80. The van der Waals surface area contributed by atoms with Gasteiger partial charge in [-0.2, -0.15) is 4.31 Å². The summed E-state index contributed by atoms with van der Waals surface area (Å²) >= 11 is 2.86. The van der Waals surface area contributed by atoms with Crippen LogP contribution in [0, 0.1) is 11.6 Å². The predicted molar refractivity (Wildman–Crippen MR) is 77.4 cm³/mol. The highest BCUT2D eigenvalue weighted by Crippen LogP contribution is 2.35. The molecule has 2 saturated heterocycles. The fraction of sp³-hybridized carbons (Fsp3) is 0.538. The van der Waals surface area contributed by atoms with Crippen LogP contribution >= 0.6 is 15.9 Å². The smallest absolute Gasteiger partial charge is 0.246 e. The summed E-state index contributed by atoms with van der Waals surface area (Å²) in [5.74, 6) is -1.71. The molecule has 2 aliphatic heterocycles. The van der Waals surface area contributed by atoms with Crippen LogP contribution in [0.25, 0.3) is 0 Å². The molecule has 2 bridgehead atoms. The number of fused-ring (bicyclic) bond motifs is 2. The molecule has 8 heteroatoms. The topological polar surface area (TPSA) is 49.4 Å². The summed E-state index contributed by atoms with van der Waals surface area (Å²) in [6, 6.07) is 1.29. The molecule has 116 valence electrons. The molecule has 0 amide bonds. The van der Waals surface area contributed by atoms with Crippen molar-refractivity contribution in [2.45, 2.75) is 36.2 Å². The van der Waals surface area contributed by atoms with E-state index in [2.05, 4.69) is 21.2 Å². The van der Waals surface area contributed by atoms with Gasteiger partial charge in [0.05, 0.1) is 4.47 Å². The van der Waals surface area contributed by atoms with Gasteiger partial charge in [-0.15, -0.1) is 0 Å². The van der Waals surface area contributed by atoms with Gasteiger partial charge in [0.1, 0.15) is 16.5 Å². The van der Waals surface area contributed by atoms with E-state index in [-0.39, 0.29) is 16.6 Å². The molecule has 1 aromatic rings. The number of nitrogens with one attached hydrogen (secondary N) is 1. The summed E-state index contributed by atoms with van der Waals surface area (Å²) < 4.78 is 54.5. The molecule has 21 heavy (non-hydrogen) atoms. The lowest BCUT2D eigenvalue weighted by molar-refractivity contribution is 0.332. The standard InChI is InChI=1S/C13H15BrF2N2O2S/c14-10-5-12(16)13(6-11(10)15)21(19,20)18-8-1-2-9(18)7-17-4-3-8/h5-6,8-9,17H,1-4,7H2. The first-order valence-corrected chi connectivity index (χ1v) is 9.03. The van der Waals surface area contributed by atoms with Gasteiger partial charge >= 0.3 is 0 Å². The molecule has 0 aromatic heterocycles. The van der Waals surface area contributed by atoms with E-state index in [1.54, 1.807) is 0 Å². The Hall–Kier alpha value is -0.570. The Labute approximate surface area is 130 Å². The summed E-state index contributed by atoms with van der Waals surface area (Å²) in [5.41, 5.74) is 0. The SMILES string of the molecule is O=S(=O)(c1cc(F)c(Br)cc1F)N1C2CCNCC1CC2. The molecule has 0 aliphatic carbocycles. The maximum atomic E-state index is 14.0. The summed E-state index contributed by atoms with van der Waals surface area (Å²) in [7, 11) is -4.03. The van der Waals surface area contributed by atoms with Gasteiger partial charge < -0.3 is 5.32 Å². The third kappa shape index (κ3) is 2.62. The van der Waals surface area contributed by atoms with Crippen molar-refractivity contribution in [3.8, 4) is 0 Å². The van der Waals surface area contributed by atoms with Crippen LogP contribution in [-0.4, -0.2) is 37.9 Å². The summed E-state index contributed by atoms with van der Waals surface area (Å²) in [4.78, 5) is -0.581. The van der Waals surface area contributed by atoms with Crippen LogP contribution in [0.4, 0.5) is 8.78 Å². The molecular formula is C13H15BrF2N2O2S. The third-order valence-electron chi connectivity index (χ3n) is 4.12. The van der Waals surface area contributed by atoms with Gasteiger partial charge in [-0.25, -0.2) is 17.2 Å². The molecule has 0 radical (unpaired) electrons. The van der Waals surface area contributed by atoms with Crippen LogP contribution in [0.2, 0.25) is 0 Å². The number of halogens is 3. The molecule has 1 N–H and O–H groups in total. The highest BCUT2D eigenvalue weighted by atomic mass is 79.9. The highest BCUT2D eigenvalue weighted by molar-refractivity contribution is 9.10. The molecule has 1 aromatic carbocycles. The van der Waals surface area contributed by atoms with E-state index in [0.29, 0.717) is 13.0 Å². The fourth-order valence-electron chi connectivity index (χ4n) is 3.15. The lowest BCUT2D eigenvalue weighted by Crippen LogP contribution is -2.42. The molecule has 0 spiro atoms. The predicted octanol–water partition coefficient (Wildman–Crippen LogP) is 2.24. The average Bonchev–Trinajstić information content (AvgIpc) is 2.68. The summed E-state index contributed by atoms with van der Waals surface area (Å²) in [6.45, 7) is 1.29. The van der Waals surface area contributed by atoms with E-state index < -0.39 is 26.6 Å². The van der Waals surface area contributed by atoms with Crippen molar-refractivity contribution in [3.63, 3.8) is 0 Å². The van der Waals surface area contributed by atoms with Crippen LogP contribution in [0.5, 0.6) is 0 Å². The lowest BCUT2D eigenvalue weighted by Gasteiger charge is -2.27. The van der Waals surface area contributed by atoms with E-state index in [9.17, 15) is 17.2 Å². The minimum absolute atomic E-state index is 0.0838. The zero-order valence-corrected chi connectivity index (χ0v) is 13.6. The number of hydrogen-bond donors (Lipinski definition) is 1. The first-order chi connectivity index (χ1) is 9.91. The van der Waals surface area contributed by atoms with Gasteiger partial charge in [0.15, 0.2) is 0 Å². The van der Waals surface area contributed by atoms with E-state index >= 15 is 0 Å². The molecule has 0 saturated carbocycles. The molecule has 4 nitrogen and oxygen atoms in total. The van der Waals surface area contributed by atoms with Gasteiger partial charge in [-0.05, 0) is 53.9 Å². The monoisotopic (exact) mass is 380 g/mol. The van der Waals surface area contributed by atoms with Crippen LogP contribution in [0.1, 0.15) is 19.3 Å². The maximum absolute atomic E-state index is 14.0. The van der Waals surface area contributed by atoms with Gasteiger partial charge in [0.25, 0.3) is 0 Å². The summed E-state index contributed by atoms with van der Waals surface area (Å²) in [5, 5.41) is 3.19. The van der Waals surface area contributed by atoms with Crippen molar-refractivity contribution in [3.05, 3.63) is 28.2 Å². The van der Waals surface area contributed by atoms with E-state index in [1.807, 2.05) is 0 Å². The minimum atomic E-state index is -4.03. The second-order valence-corrected chi connectivity index (χ2v) is 8.08. The van der Waals surface area contributed by atoms with Crippen LogP contribution in [-0.2, 0) is 10.0 Å². The zero-order chi connectivity index (χ0) is 15.2. The Morgan fingerprint density at radius 1 is 1.14 bits per heavy atom. The minimum Gasteiger partial charge on any atom is -0.315 e. The van der Waals surface area contributed by atoms with E-state index in [1.165, 1.54) is 4.31 Å². The largest absolute Gasteiger partial charge is 0.315 e. The van der Waals surface area contributed by atoms with Gasteiger partial charge in [0, 0.05) is 18.6 Å². The Morgan fingerprint density at radius 3 is 2.62 bits per heavy atom. The Balaban J connectivity index is 2.06. The van der Waals surface area contributed by atoms with Gasteiger partial charge in [-0.1, -0.05) is 0 Å². The molecule has 2 fully saturated rings. The van der Waals surface area contributed by atoms with E-state index in [0.717, 1.165) is 31.5 Å².